The lowest BCUT2D eigenvalue weighted by Gasteiger charge is -2.18. The minimum absolute atomic E-state index is 0.136. The van der Waals surface area contributed by atoms with Gasteiger partial charge in [-0.2, -0.15) is 0 Å². The van der Waals surface area contributed by atoms with Crippen LogP contribution < -0.4 is 5.14 Å². The van der Waals surface area contributed by atoms with E-state index in [0.29, 0.717) is 0 Å². The summed E-state index contributed by atoms with van der Waals surface area (Å²) in [5.74, 6) is 0. The summed E-state index contributed by atoms with van der Waals surface area (Å²) < 4.78 is 22.3. The Labute approximate surface area is 91.4 Å². The van der Waals surface area contributed by atoms with Crippen LogP contribution in [0, 0.1) is 5.41 Å². The number of nitrogens with two attached hydrogens (primary N) is 1. The molecule has 0 bridgehead atoms. The zero-order valence-corrected chi connectivity index (χ0v) is 10.1. The average molecular weight is 227 g/mol. The van der Waals surface area contributed by atoms with Gasteiger partial charge in [0.2, 0.25) is 10.0 Å². The van der Waals surface area contributed by atoms with Crippen LogP contribution >= 0.6 is 0 Å². The predicted molar refractivity (Wildman–Crippen MR) is 61.0 cm³/mol. The van der Waals surface area contributed by atoms with Gasteiger partial charge in [-0.1, -0.05) is 32.9 Å². The number of sulfonamides is 1. The van der Waals surface area contributed by atoms with Gasteiger partial charge in [-0.25, -0.2) is 13.6 Å². The molecule has 0 saturated heterocycles. The van der Waals surface area contributed by atoms with Gasteiger partial charge in [0.05, 0.1) is 4.90 Å². The first-order chi connectivity index (χ1) is 6.68. The van der Waals surface area contributed by atoms with Crippen molar-refractivity contribution in [3.8, 4) is 0 Å². The zero-order valence-electron chi connectivity index (χ0n) is 9.32. The number of benzene rings is 1. The van der Waals surface area contributed by atoms with Crippen molar-refractivity contribution in [1.29, 1.82) is 0 Å². The van der Waals surface area contributed by atoms with Crippen LogP contribution in [-0.4, -0.2) is 8.42 Å². The van der Waals surface area contributed by atoms with Crippen LogP contribution in [0.1, 0.15) is 26.3 Å². The summed E-state index contributed by atoms with van der Waals surface area (Å²) >= 11 is 0. The van der Waals surface area contributed by atoms with Crippen LogP contribution in [0.4, 0.5) is 0 Å². The van der Waals surface area contributed by atoms with Crippen molar-refractivity contribution in [2.24, 2.45) is 10.6 Å². The van der Waals surface area contributed by atoms with Crippen LogP contribution in [-0.2, 0) is 16.4 Å². The Hall–Kier alpha value is -0.870. The van der Waals surface area contributed by atoms with Gasteiger partial charge in [0.15, 0.2) is 0 Å². The number of rotatable bonds is 2. The number of primary sulfonamides is 1. The van der Waals surface area contributed by atoms with Gasteiger partial charge in [-0.3, -0.25) is 0 Å². The SMILES string of the molecule is CC(C)(C)Cc1cccc(S(N)(=O)=O)c1. The topological polar surface area (TPSA) is 60.2 Å². The predicted octanol–water partition coefficient (Wildman–Crippen LogP) is 1.92. The summed E-state index contributed by atoms with van der Waals surface area (Å²) in [7, 11) is -3.58. The Morgan fingerprint density at radius 1 is 1.27 bits per heavy atom. The van der Waals surface area contributed by atoms with Crippen molar-refractivity contribution < 1.29 is 8.42 Å². The average Bonchev–Trinajstić information content (AvgIpc) is 1.99. The molecule has 0 radical (unpaired) electrons. The molecule has 0 aliphatic carbocycles. The van der Waals surface area contributed by atoms with Crippen molar-refractivity contribution in [2.45, 2.75) is 32.1 Å². The standard InChI is InChI=1S/C11H17NO2S/c1-11(2,3)8-9-5-4-6-10(7-9)15(12,13)14/h4-7H,8H2,1-3H3,(H2,12,13,14). The monoisotopic (exact) mass is 227 g/mol. The van der Waals surface area contributed by atoms with E-state index in [1.807, 2.05) is 6.07 Å². The van der Waals surface area contributed by atoms with Gasteiger partial charge >= 0.3 is 0 Å². The van der Waals surface area contributed by atoms with Crippen LogP contribution in [0.2, 0.25) is 0 Å². The Morgan fingerprint density at radius 3 is 2.33 bits per heavy atom. The maximum atomic E-state index is 11.1. The molecule has 0 saturated carbocycles. The quantitative estimate of drug-likeness (QED) is 0.839. The highest BCUT2D eigenvalue weighted by atomic mass is 32.2. The molecule has 2 N–H and O–H groups in total. The summed E-state index contributed by atoms with van der Waals surface area (Å²) in [6, 6.07) is 6.79. The van der Waals surface area contributed by atoms with Crippen molar-refractivity contribution >= 4 is 10.0 Å². The van der Waals surface area contributed by atoms with E-state index in [2.05, 4.69) is 20.8 Å². The van der Waals surface area contributed by atoms with Crippen molar-refractivity contribution in [2.75, 3.05) is 0 Å². The van der Waals surface area contributed by atoms with Crippen molar-refractivity contribution in [3.63, 3.8) is 0 Å². The normalized spacial score (nSPS) is 12.8. The Balaban J connectivity index is 3.04. The molecule has 0 heterocycles. The highest BCUT2D eigenvalue weighted by Gasteiger charge is 2.13. The van der Waals surface area contributed by atoms with E-state index >= 15 is 0 Å². The molecule has 0 unspecified atom stereocenters. The van der Waals surface area contributed by atoms with Gasteiger partial charge in [0, 0.05) is 0 Å². The lowest BCUT2D eigenvalue weighted by molar-refractivity contribution is 0.411. The van der Waals surface area contributed by atoms with Crippen molar-refractivity contribution in [1.82, 2.24) is 0 Å². The molecule has 0 fully saturated rings. The van der Waals surface area contributed by atoms with Gasteiger partial charge in [-0.15, -0.1) is 0 Å². The minimum Gasteiger partial charge on any atom is -0.225 e. The molecular weight excluding hydrogens is 210 g/mol. The third kappa shape index (κ3) is 4.01. The summed E-state index contributed by atoms with van der Waals surface area (Å²) in [6.45, 7) is 6.32. The fourth-order valence-electron chi connectivity index (χ4n) is 1.44. The molecule has 0 aromatic heterocycles. The number of hydrogen-bond acceptors (Lipinski definition) is 2. The van der Waals surface area contributed by atoms with E-state index in [0.717, 1.165) is 12.0 Å². The lowest BCUT2D eigenvalue weighted by atomic mass is 9.88. The molecular formula is C11H17NO2S. The Morgan fingerprint density at radius 2 is 1.87 bits per heavy atom. The second kappa shape index (κ2) is 3.94. The molecule has 1 aromatic rings. The molecule has 3 nitrogen and oxygen atoms in total. The summed E-state index contributed by atoms with van der Waals surface area (Å²) in [5.41, 5.74) is 1.13. The van der Waals surface area contributed by atoms with E-state index in [1.54, 1.807) is 12.1 Å². The van der Waals surface area contributed by atoms with Gasteiger partial charge in [0.1, 0.15) is 0 Å². The van der Waals surface area contributed by atoms with Crippen LogP contribution in [0.3, 0.4) is 0 Å². The van der Waals surface area contributed by atoms with E-state index < -0.39 is 10.0 Å². The van der Waals surface area contributed by atoms with Crippen molar-refractivity contribution in [3.05, 3.63) is 29.8 Å². The molecule has 4 heteroatoms. The van der Waals surface area contributed by atoms with Gasteiger partial charge < -0.3 is 0 Å². The first-order valence-electron chi connectivity index (χ1n) is 4.80. The number of hydrogen-bond donors (Lipinski definition) is 1. The second-order valence-electron chi connectivity index (χ2n) is 4.93. The summed E-state index contributed by atoms with van der Waals surface area (Å²) in [6.07, 6.45) is 0.830. The molecule has 15 heavy (non-hydrogen) atoms. The van der Waals surface area contributed by atoms with E-state index in [-0.39, 0.29) is 10.3 Å². The fourth-order valence-corrected chi connectivity index (χ4v) is 2.03. The third-order valence-corrected chi connectivity index (χ3v) is 2.87. The Kier molecular flexibility index (Phi) is 3.21. The highest BCUT2D eigenvalue weighted by molar-refractivity contribution is 7.89. The molecule has 0 aliphatic heterocycles. The zero-order chi connectivity index (χ0) is 11.7. The van der Waals surface area contributed by atoms with E-state index in [4.69, 9.17) is 5.14 Å². The molecule has 0 spiro atoms. The summed E-state index contributed by atoms with van der Waals surface area (Å²) in [5, 5.41) is 5.06. The Bertz CT molecular complexity index is 444. The second-order valence-corrected chi connectivity index (χ2v) is 6.49. The maximum absolute atomic E-state index is 11.1. The third-order valence-electron chi connectivity index (χ3n) is 1.96. The molecule has 1 aromatic carbocycles. The van der Waals surface area contributed by atoms with Crippen LogP contribution in [0.15, 0.2) is 29.2 Å². The fraction of sp³-hybridized carbons (Fsp3) is 0.455. The highest BCUT2D eigenvalue weighted by Crippen LogP contribution is 2.21. The molecule has 1 rings (SSSR count). The van der Waals surface area contributed by atoms with Gasteiger partial charge in [-0.05, 0) is 29.5 Å². The van der Waals surface area contributed by atoms with Gasteiger partial charge in [0.25, 0.3) is 0 Å². The lowest BCUT2D eigenvalue weighted by Crippen LogP contribution is -2.14. The smallest absolute Gasteiger partial charge is 0.225 e. The maximum Gasteiger partial charge on any atom is 0.238 e. The first-order valence-corrected chi connectivity index (χ1v) is 6.35. The summed E-state index contributed by atoms with van der Waals surface area (Å²) in [4.78, 5) is 0.184. The largest absolute Gasteiger partial charge is 0.238 e. The van der Waals surface area contributed by atoms with E-state index in [9.17, 15) is 8.42 Å². The molecule has 84 valence electrons. The molecule has 0 amide bonds. The molecule has 0 atom stereocenters. The van der Waals surface area contributed by atoms with E-state index in [1.165, 1.54) is 6.07 Å². The van der Waals surface area contributed by atoms with Crippen LogP contribution in [0.25, 0.3) is 0 Å². The molecule has 0 aliphatic rings. The van der Waals surface area contributed by atoms with Crippen LogP contribution in [0.5, 0.6) is 0 Å². The first kappa shape index (κ1) is 12.2. The minimum atomic E-state index is -3.58.